The molecule has 0 unspecified atom stereocenters. The number of alkyl carbamates (subject to hydrolysis) is 1. The van der Waals surface area contributed by atoms with Crippen molar-refractivity contribution in [1.82, 2.24) is 5.32 Å². The molecule has 0 fully saturated rings. The van der Waals surface area contributed by atoms with Crippen LogP contribution in [0.5, 0.6) is 11.5 Å². The zero-order valence-electron chi connectivity index (χ0n) is 27.0. The standard InChI is InChI=1S/C33H45ClN2O8/c1-9-41-27(37)19-26-30(38)36(20-32(2,3)4)24-15-14-21(34)18-23(24)28(43-26)22-12-10-13-25(29(22)40-8)42-17-11-16-35-31(39)44-33(5,6)7/h10,12-15,18,26,28H,9,11,16-17,19-20H2,1-8H3,(H,35,39)/t26-,28-/m1/s1. The van der Waals surface area contributed by atoms with Gasteiger partial charge in [-0.3, -0.25) is 9.59 Å². The first-order valence-electron chi connectivity index (χ1n) is 14.8. The molecule has 0 bridgehead atoms. The first-order chi connectivity index (χ1) is 20.6. The summed E-state index contributed by atoms with van der Waals surface area (Å²) in [4.78, 5) is 40.2. The van der Waals surface area contributed by atoms with Gasteiger partial charge in [-0.05, 0) is 63.8 Å². The van der Waals surface area contributed by atoms with Crippen molar-refractivity contribution in [2.45, 2.75) is 79.1 Å². The van der Waals surface area contributed by atoms with E-state index in [4.69, 9.17) is 35.3 Å². The van der Waals surface area contributed by atoms with Crippen LogP contribution in [0.1, 0.15) is 78.5 Å². The fourth-order valence-corrected chi connectivity index (χ4v) is 4.97. The summed E-state index contributed by atoms with van der Waals surface area (Å²) >= 11 is 6.49. The summed E-state index contributed by atoms with van der Waals surface area (Å²) in [5, 5.41) is 3.18. The molecule has 2 aromatic carbocycles. The first kappa shape index (κ1) is 35.0. The summed E-state index contributed by atoms with van der Waals surface area (Å²) in [6.45, 7) is 14.4. The van der Waals surface area contributed by atoms with Crippen LogP contribution in [0.3, 0.4) is 0 Å². The maximum atomic E-state index is 14.0. The summed E-state index contributed by atoms with van der Waals surface area (Å²) in [6, 6.07) is 10.7. The number of carbonyl (C=O) groups is 3. The molecule has 44 heavy (non-hydrogen) atoms. The van der Waals surface area contributed by atoms with Crippen molar-refractivity contribution in [3.63, 3.8) is 0 Å². The van der Waals surface area contributed by atoms with Gasteiger partial charge in [0.05, 0.1) is 26.7 Å². The summed E-state index contributed by atoms with van der Waals surface area (Å²) in [6.07, 6.45) is -2.19. The number of hydrogen-bond acceptors (Lipinski definition) is 8. The third-order valence-corrected chi connectivity index (χ3v) is 6.67. The van der Waals surface area contributed by atoms with Crippen LogP contribution in [-0.4, -0.2) is 63.1 Å². The van der Waals surface area contributed by atoms with Crippen LogP contribution >= 0.6 is 11.6 Å². The lowest BCUT2D eigenvalue weighted by atomic mass is 9.94. The number of benzene rings is 2. The number of para-hydroxylation sites is 1. The summed E-state index contributed by atoms with van der Waals surface area (Å²) in [5.74, 6) is -0.00936. The van der Waals surface area contributed by atoms with Crippen LogP contribution in [0.2, 0.25) is 5.02 Å². The van der Waals surface area contributed by atoms with Gasteiger partial charge in [0.15, 0.2) is 11.5 Å². The van der Waals surface area contributed by atoms with Gasteiger partial charge in [0.1, 0.15) is 17.8 Å². The number of methoxy groups -OCH3 is 1. The van der Waals surface area contributed by atoms with Gasteiger partial charge in [-0.15, -0.1) is 0 Å². The summed E-state index contributed by atoms with van der Waals surface area (Å²) in [7, 11) is 1.53. The smallest absolute Gasteiger partial charge is 0.407 e. The lowest BCUT2D eigenvalue weighted by molar-refractivity contribution is -0.151. The molecule has 242 valence electrons. The van der Waals surface area contributed by atoms with E-state index in [2.05, 4.69) is 5.32 Å². The number of nitrogens with one attached hydrogen (secondary N) is 1. The van der Waals surface area contributed by atoms with E-state index >= 15 is 0 Å². The number of ether oxygens (including phenoxy) is 5. The van der Waals surface area contributed by atoms with E-state index in [0.717, 1.165) is 0 Å². The molecule has 0 spiro atoms. The molecule has 2 aromatic rings. The second-order valence-corrected chi connectivity index (χ2v) is 13.1. The fourth-order valence-electron chi connectivity index (χ4n) is 4.78. The molecule has 10 nitrogen and oxygen atoms in total. The zero-order valence-corrected chi connectivity index (χ0v) is 27.7. The molecule has 0 aliphatic carbocycles. The summed E-state index contributed by atoms with van der Waals surface area (Å²) in [5.41, 5.74) is 1.04. The van der Waals surface area contributed by atoms with Crippen LogP contribution in [0.15, 0.2) is 36.4 Å². The number of anilines is 1. The normalized spacial score (nSPS) is 16.9. The predicted octanol–water partition coefficient (Wildman–Crippen LogP) is 6.46. The van der Waals surface area contributed by atoms with Crippen molar-refractivity contribution in [3.05, 3.63) is 52.5 Å². The van der Waals surface area contributed by atoms with Gasteiger partial charge >= 0.3 is 12.1 Å². The first-order valence-corrected chi connectivity index (χ1v) is 15.2. The second-order valence-electron chi connectivity index (χ2n) is 12.7. The van der Waals surface area contributed by atoms with Crippen molar-refractivity contribution in [1.29, 1.82) is 0 Å². The molecule has 0 aromatic heterocycles. The van der Waals surface area contributed by atoms with Crippen LogP contribution in [-0.2, 0) is 23.8 Å². The minimum absolute atomic E-state index is 0.186. The van der Waals surface area contributed by atoms with Crippen LogP contribution in [0.4, 0.5) is 10.5 Å². The minimum atomic E-state index is -1.12. The summed E-state index contributed by atoms with van der Waals surface area (Å²) < 4.78 is 28.9. The Labute approximate surface area is 265 Å². The van der Waals surface area contributed by atoms with E-state index in [1.807, 2.05) is 26.8 Å². The van der Waals surface area contributed by atoms with Crippen molar-refractivity contribution in [3.8, 4) is 11.5 Å². The Balaban J connectivity index is 1.96. The maximum Gasteiger partial charge on any atom is 0.407 e. The topological polar surface area (TPSA) is 113 Å². The third kappa shape index (κ3) is 9.75. The van der Waals surface area contributed by atoms with Crippen molar-refractivity contribution in [2.24, 2.45) is 5.41 Å². The lowest BCUT2D eigenvalue weighted by Gasteiger charge is -2.31. The van der Waals surface area contributed by atoms with Crippen LogP contribution < -0.4 is 19.7 Å². The van der Waals surface area contributed by atoms with Crippen molar-refractivity contribution >= 4 is 35.3 Å². The van der Waals surface area contributed by atoms with Gasteiger partial charge in [0.2, 0.25) is 0 Å². The Morgan fingerprint density at radius 1 is 1.07 bits per heavy atom. The highest BCUT2D eigenvalue weighted by Crippen LogP contribution is 2.45. The van der Waals surface area contributed by atoms with E-state index in [9.17, 15) is 14.4 Å². The average molecular weight is 633 g/mol. The van der Waals surface area contributed by atoms with Crippen molar-refractivity contribution < 1.29 is 38.1 Å². The van der Waals surface area contributed by atoms with E-state index < -0.39 is 29.9 Å². The molecule has 0 radical (unpaired) electrons. The van der Waals surface area contributed by atoms with Gasteiger partial charge in [0, 0.05) is 34.9 Å². The molecule has 1 heterocycles. The van der Waals surface area contributed by atoms with Gasteiger partial charge in [-0.2, -0.15) is 0 Å². The van der Waals surface area contributed by atoms with E-state index in [1.54, 1.807) is 62.9 Å². The number of esters is 1. The molecular formula is C33H45ClN2O8. The maximum absolute atomic E-state index is 14.0. The molecule has 0 saturated heterocycles. The van der Waals surface area contributed by atoms with E-state index in [0.29, 0.717) is 52.8 Å². The molecule has 1 aliphatic heterocycles. The van der Waals surface area contributed by atoms with Gasteiger partial charge in [0.25, 0.3) is 5.91 Å². The quantitative estimate of drug-likeness (QED) is 0.222. The number of rotatable bonds is 11. The molecule has 0 saturated carbocycles. The molecule has 1 N–H and O–H groups in total. The fraction of sp³-hybridized carbons (Fsp3) is 0.545. The monoisotopic (exact) mass is 632 g/mol. The van der Waals surface area contributed by atoms with E-state index in [1.165, 1.54) is 7.11 Å². The SMILES string of the molecule is CCOC(=O)C[C@H]1O[C@H](c2cccc(OCCCNC(=O)OC(C)(C)C)c2OC)c2cc(Cl)ccc2N(CC(C)(C)C)C1=O. The van der Waals surface area contributed by atoms with Crippen molar-refractivity contribution in [2.75, 3.05) is 38.3 Å². The Bertz CT molecular complexity index is 1320. The average Bonchev–Trinajstić information content (AvgIpc) is 3.01. The third-order valence-electron chi connectivity index (χ3n) is 6.44. The van der Waals surface area contributed by atoms with Gasteiger partial charge in [-0.25, -0.2) is 4.79 Å². The lowest BCUT2D eigenvalue weighted by Crippen LogP contribution is -2.44. The molecule has 2 amide bonds. The van der Waals surface area contributed by atoms with Crippen LogP contribution in [0, 0.1) is 5.41 Å². The number of halogens is 1. The highest BCUT2D eigenvalue weighted by Gasteiger charge is 2.40. The van der Waals surface area contributed by atoms with Gasteiger partial charge in [-0.1, -0.05) is 44.5 Å². The number of fused-ring (bicyclic) bond motifs is 1. The largest absolute Gasteiger partial charge is 0.492 e. The number of nitrogens with zero attached hydrogens (tertiary/aromatic N) is 1. The molecule has 3 rings (SSSR count). The highest BCUT2D eigenvalue weighted by molar-refractivity contribution is 6.30. The van der Waals surface area contributed by atoms with Gasteiger partial charge < -0.3 is 33.9 Å². The molecular weight excluding hydrogens is 588 g/mol. The van der Waals surface area contributed by atoms with Crippen LogP contribution in [0.25, 0.3) is 0 Å². The zero-order chi connectivity index (χ0) is 32.7. The number of carbonyl (C=O) groups excluding carboxylic acids is 3. The number of hydrogen-bond donors (Lipinski definition) is 1. The number of amides is 2. The minimum Gasteiger partial charge on any atom is -0.492 e. The highest BCUT2D eigenvalue weighted by atomic mass is 35.5. The Hall–Kier alpha value is -3.50. The Morgan fingerprint density at radius 3 is 2.43 bits per heavy atom. The second kappa shape index (κ2) is 15.0. The predicted molar refractivity (Wildman–Crippen MR) is 169 cm³/mol. The Morgan fingerprint density at radius 2 is 1.80 bits per heavy atom. The molecule has 1 aliphatic rings. The molecule has 11 heteroatoms. The van der Waals surface area contributed by atoms with E-state index in [-0.39, 0.29) is 31.0 Å². The Kier molecular flexibility index (Phi) is 11.9. The molecule has 2 atom stereocenters.